The zero-order valence-electron chi connectivity index (χ0n) is 39.2. The quantitative estimate of drug-likeness (QED) is 0.0323. The molecule has 0 rings (SSSR count). The highest BCUT2D eigenvalue weighted by Gasteiger charge is 2.18. The minimum Gasteiger partial charge on any atom is -0.466 e. The maximum atomic E-state index is 12.4. The van der Waals surface area contributed by atoms with Gasteiger partial charge in [-0.15, -0.1) is 0 Å². The fourth-order valence-corrected chi connectivity index (χ4v) is 7.66. The second-order valence-electron chi connectivity index (χ2n) is 17.5. The number of hydrogen-bond donors (Lipinski definition) is 3. The van der Waals surface area contributed by atoms with Crippen molar-refractivity contribution < 1.29 is 24.5 Å². The van der Waals surface area contributed by atoms with Crippen LogP contribution >= 0.6 is 0 Å². The zero-order chi connectivity index (χ0) is 43.0. The van der Waals surface area contributed by atoms with Gasteiger partial charge >= 0.3 is 5.97 Å². The summed E-state index contributed by atoms with van der Waals surface area (Å²) in [5, 5.41) is 23.0. The normalized spacial score (nSPS) is 12.9. The van der Waals surface area contributed by atoms with Gasteiger partial charge in [0.25, 0.3) is 0 Å². The lowest BCUT2D eigenvalue weighted by Gasteiger charge is -2.20. The average molecular weight is 830 g/mol. The van der Waals surface area contributed by atoms with Crippen molar-refractivity contribution in [3.63, 3.8) is 0 Å². The summed E-state index contributed by atoms with van der Waals surface area (Å²) in [6.45, 7) is 4.84. The first-order valence-electron chi connectivity index (χ1n) is 25.8. The Kier molecular flexibility index (Phi) is 47.2. The molecule has 0 spiro atoms. The van der Waals surface area contributed by atoms with E-state index in [2.05, 4.69) is 43.5 Å². The lowest BCUT2D eigenvalue weighted by Crippen LogP contribution is -2.45. The van der Waals surface area contributed by atoms with Crippen LogP contribution in [0, 0.1) is 0 Å². The van der Waals surface area contributed by atoms with Gasteiger partial charge in [-0.3, -0.25) is 9.59 Å². The van der Waals surface area contributed by atoms with Crippen molar-refractivity contribution in [3.05, 3.63) is 36.5 Å². The van der Waals surface area contributed by atoms with Crippen molar-refractivity contribution in [3.8, 4) is 0 Å². The molecular formula is C53H99NO5. The maximum Gasteiger partial charge on any atom is 0.305 e. The van der Waals surface area contributed by atoms with Gasteiger partial charge in [-0.25, -0.2) is 0 Å². The van der Waals surface area contributed by atoms with Gasteiger partial charge in [-0.2, -0.15) is 0 Å². The largest absolute Gasteiger partial charge is 0.466 e. The lowest BCUT2D eigenvalue weighted by molar-refractivity contribution is -0.143. The summed E-state index contributed by atoms with van der Waals surface area (Å²) in [6.07, 6.45) is 58.5. The van der Waals surface area contributed by atoms with E-state index in [4.69, 9.17) is 4.74 Å². The molecule has 2 atom stereocenters. The van der Waals surface area contributed by atoms with Crippen LogP contribution in [0.4, 0.5) is 0 Å². The minimum absolute atomic E-state index is 0.0248. The summed E-state index contributed by atoms with van der Waals surface area (Å²) in [5.74, 6) is -0.110. The molecule has 0 aliphatic heterocycles. The maximum absolute atomic E-state index is 12.4. The van der Waals surface area contributed by atoms with E-state index in [0.717, 1.165) is 70.6 Å². The van der Waals surface area contributed by atoms with Crippen LogP contribution < -0.4 is 5.32 Å². The number of rotatable bonds is 47. The summed E-state index contributed by atoms with van der Waals surface area (Å²) in [6, 6.07) is -0.640. The highest BCUT2D eigenvalue weighted by molar-refractivity contribution is 5.76. The molecule has 0 aromatic rings. The molecule has 0 bridgehead atoms. The number of allylic oxidation sites excluding steroid dienone is 5. The van der Waals surface area contributed by atoms with E-state index in [1.807, 2.05) is 6.08 Å². The molecule has 0 aliphatic rings. The van der Waals surface area contributed by atoms with Gasteiger partial charge in [0.15, 0.2) is 0 Å². The van der Waals surface area contributed by atoms with Gasteiger partial charge in [0, 0.05) is 12.8 Å². The molecule has 6 nitrogen and oxygen atoms in total. The molecular weight excluding hydrogens is 731 g/mol. The first kappa shape index (κ1) is 57.1. The molecule has 0 radical (unpaired) electrons. The fourth-order valence-electron chi connectivity index (χ4n) is 7.66. The second-order valence-corrected chi connectivity index (χ2v) is 17.5. The van der Waals surface area contributed by atoms with E-state index >= 15 is 0 Å². The molecule has 6 heteroatoms. The Labute approximate surface area is 366 Å². The Morgan fingerprint density at radius 2 is 0.847 bits per heavy atom. The van der Waals surface area contributed by atoms with Crippen LogP contribution in [-0.2, 0) is 14.3 Å². The van der Waals surface area contributed by atoms with Crippen LogP contribution in [0.3, 0.4) is 0 Å². The summed E-state index contributed by atoms with van der Waals surface area (Å²) in [4.78, 5) is 24.5. The standard InChI is InChI=1S/C53H99NO5/c1-3-5-7-9-11-13-15-17-19-20-22-27-31-35-39-43-47-53(58)59-48-44-40-36-32-28-24-23-26-30-34-38-42-46-52(57)54-50(49-55)51(56)45-41-37-33-29-25-21-18-16-14-12-10-8-6-4-2/h13,15,19-20,41,45,50-51,55-56H,3-12,14,16-18,21-40,42-44,46-49H2,1-2H3,(H,54,57)/b15-13-,20-19-,45-41+. The second kappa shape index (κ2) is 48.7. The number of esters is 1. The summed E-state index contributed by atoms with van der Waals surface area (Å²) >= 11 is 0. The topological polar surface area (TPSA) is 95.9 Å². The molecule has 0 saturated heterocycles. The van der Waals surface area contributed by atoms with Gasteiger partial charge in [-0.05, 0) is 64.2 Å². The Bertz CT molecular complexity index is 962. The average Bonchev–Trinajstić information content (AvgIpc) is 3.24. The van der Waals surface area contributed by atoms with Crippen molar-refractivity contribution in [1.29, 1.82) is 0 Å². The number of hydrogen-bond acceptors (Lipinski definition) is 5. The van der Waals surface area contributed by atoms with E-state index < -0.39 is 12.1 Å². The predicted molar refractivity (Wildman–Crippen MR) is 255 cm³/mol. The fraction of sp³-hybridized carbons (Fsp3) is 0.849. The van der Waals surface area contributed by atoms with Crippen LogP contribution in [-0.4, -0.2) is 47.4 Å². The number of aliphatic hydroxyl groups excluding tert-OH is 2. The highest BCUT2D eigenvalue weighted by Crippen LogP contribution is 2.15. The Morgan fingerprint density at radius 1 is 0.475 bits per heavy atom. The van der Waals surface area contributed by atoms with Crippen LogP contribution in [0.25, 0.3) is 0 Å². The van der Waals surface area contributed by atoms with E-state index in [-0.39, 0.29) is 18.5 Å². The van der Waals surface area contributed by atoms with Crippen LogP contribution in [0.5, 0.6) is 0 Å². The van der Waals surface area contributed by atoms with Crippen molar-refractivity contribution in [2.75, 3.05) is 13.2 Å². The highest BCUT2D eigenvalue weighted by atomic mass is 16.5. The predicted octanol–water partition coefficient (Wildman–Crippen LogP) is 15.3. The molecule has 59 heavy (non-hydrogen) atoms. The van der Waals surface area contributed by atoms with Crippen molar-refractivity contribution in [1.82, 2.24) is 5.32 Å². The number of amides is 1. The first-order chi connectivity index (χ1) is 29.0. The van der Waals surface area contributed by atoms with Gasteiger partial charge in [-0.1, -0.05) is 224 Å². The third-order valence-corrected chi connectivity index (χ3v) is 11.7. The number of carbonyl (C=O) groups excluding carboxylic acids is 2. The molecule has 0 aromatic heterocycles. The molecule has 1 amide bonds. The molecule has 0 aromatic carbocycles. The molecule has 0 heterocycles. The molecule has 3 N–H and O–H groups in total. The minimum atomic E-state index is -0.855. The van der Waals surface area contributed by atoms with E-state index in [0.29, 0.717) is 19.4 Å². The zero-order valence-corrected chi connectivity index (χ0v) is 39.2. The van der Waals surface area contributed by atoms with Gasteiger partial charge in [0.05, 0.1) is 25.4 Å². The van der Waals surface area contributed by atoms with Crippen LogP contribution in [0.15, 0.2) is 36.5 Å². The lowest BCUT2D eigenvalue weighted by atomic mass is 10.0. The summed E-state index contributed by atoms with van der Waals surface area (Å²) < 4.78 is 5.45. The number of nitrogens with one attached hydrogen (secondary N) is 1. The molecule has 2 unspecified atom stereocenters. The number of aliphatic hydroxyl groups is 2. The van der Waals surface area contributed by atoms with Crippen molar-refractivity contribution in [2.45, 2.75) is 276 Å². The summed E-state index contributed by atoms with van der Waals surface area (Å²) in [5.41, 5.74) is 0. The molecule has 0 fully saturated rings. The Balaban J connectivity index is 3.51. The van der Waals surface area contributed by atoms with Gasteiger partial charge in [0.1, 0.15) is 0 Å². The number of carbonyl (C=O) groups is 2. The number of unbranched alkanes of at least 4 members (excludes halogenated alkanes) is 32. The number of ether oxygens (including phenoxy) is 1. The Morgan fingerprint density at radius 3 is 1.31 bits per heavy atom. The van der Waals surface area contributed by atoms with Gasteiger partial charge < -0.3 is 20.3 Å². The van der Waals surface area contributed by atoms with Crippen molar-refractivity contribution >= 4 is 11.9 Å². The van der Waals surface area contributed by atoms with Crippen LogP contribution in [0.1, 0.15) is 264 Å². The molecule has 346 valence electrons. The smallest absolute Gasteiger partial charge is 0.305 e. The monoisotopic (exact) mass is 830 g/mol. The summed E-state index contributed by atoms with van der Waals surface area (Å²) in [7, 11) is 0. The Hall–Kier alpha value is -1.92. The van der Waals surface area contributed by atoms with Gasteiger partial charge in [0.2, 0.25) is 5.91 Å². The molecule has 0 saturated carbocycles. The van der Waals surface area contributed by atoms with E-state index in [9.17, 15) is 19.8 Å². The van der Waals surface area contributed by atoms with Crippen molar-refractivity contribution in [2.24, 2.45) is 0 Å². The van der Waals surface area contributed by atoms with E-state index in [1.54, 1.807) is 6.08 Å². The third kappa shape index (κ3) is 45.4. The van der Waals surface area contributed by atoms with Crippen LogP contribution in [0.2, 0.25) is 0 Å². The first-order valence-corrected chi connectivity index (χ1v) is 25.8. The molecule has 0 aliphatic carbocycles. The SMILES string of the molecule is CCCCCC/C=C\C/C=C\CCCCCCCC(=O)OCCCCCCCCCCCCCCC(=O)NC(CO)C(O)/C=C/CCCCCCCCCCCCCC. The third-order valence-electron chi connectivity index (χ3n) is 11.7. The van der Waals surface area contributed by atoms with E-state index in [1.165, 1.54) is 167 Å².